The zero-order chi connectivity index (χ0) is 42.2. The van der Waals surface area contributed by atoms with Gasteiger partial charge in [0.25, 0.3) is 0 Å². The lowest BCUT2D eigenvalue weighted by Crippen LogP contribution is -2.67. The van der Waals surface area contributed by atoms with Gasteiger partial charge < -0.3 is 24.6 Å². The number of nitrogens with zero attached hydrogens (tertiary/aromatic N) is 1. The summed E-state index contributed by atoms with van der Waals surface area (Å²) in [5.74, 6) is 0.256. The van der Waals surface area contributed by atoms with Gasteiger partial charge in [-0.15, -0.1) is 0 Å². The SMILES string of the molecule is COc1ccc(CC(=O)N(Cc2cccc3ccccc23)CC2(O)CCC3C45C=CC6(C=C4C(=O)Cc4c(F)cccc4Cl)CC(O)CCC6(C)C5CCC32C)cc1OC. The van der Waals surface area contributed by atoms with E-state index in [0.717, 1.165) is 41.2 Å². The highest BCUT2D eigenvalue weighted by Crippen LogP contribution is 2.78. The molecule has 0 heterocycles. The molecule has 9 heteroatoms. The molecule has 2 bridgehead atoms. The van der Waals surface area contributed by atoms with Gasteiger partial charge in [0.2, 0.25) is 5.91 Å². The summed E-state index contributed by atoms with van der Waals surface area (Å²) in [5.41, 5.74) is -0.831. The molecule has 3 saturated carbocycles. The number of Topliss-reactive ketones (excluding diaryl/α,β-unsaturated/α-hetero) is 1. The van der Waals surface area contributed by atoms with E-state index in [1.54, 1.807) is 32.4 Å². The van der Waals surface area contributed by atoms with Gasteiger partial charge in [0.05, 0.1) is 38.9 Å². The second-order valence-electron chi connectivity index (χ2n) is 18.9. The lowest BCUT2D eigenvalue weighted by Gasteiger charge is -2.71. The van der Waals surface area contributed by atoms with Crippen LogP contribution in [0.1, 0.15) is 75.5 Å². The van der Waals surface area contributed by atoms with Crippen LogP contribution in [0, 0.1) is 39.3 Å². The summed E-state index contributed by atoms with van der Waals surface area (Å²) < 4.78 is 26.4. The van der Waals surface area contributed by atoms with Crippen LogP contribution in [0.2, 0.25) is 5.02 Å². The number of aliphatic hydroxyl groups excluding tert-OH is 1. The predicted octanol–water partition coefficient (Wildman–Crippen LogP) is 9.62. The third-order valence-corrected chi connectivity index (χ3v) is 16.6. The molecule has 0 aliphatic heterocycles. The van der Waals surface area contributed by atoms with Crippen molar-refractivity contribution in [2.24, 2.45) is 33.5 Å². The molecule has 6 aliphatic rings. The van der Waals surface area contributed by atoms with Crippen molar-refractivity contribution in [3.8, 4) is 11.5 Å². The molecule has 60 heavy (non-hydrogen) atoms. The third kappa shape index (κ3) is 6.10. The van der Waals surface area contributed by atoms with E-state index >= 15 is 4.39 Å². The summed E-state index contributed by atoms with van der Waals surface area (Å²) in [7, 11) is 3.16. The Morgan fingerprint density at radius 1 is 0.850 bits per heavy atom. The number of fused-ring (bicyclic) bond motifs is 2. The van der Waals surface area contributed by atoms with Crippen LogP contribution in [-0.4, -0.2) is 59.3 Å². The molecule has 0 saturated heterocycles. The first kappa shape index (κ1) is 40.9. The van der Waals surface area contributed by atoms with E-state index in [1.165, 1.54) is 6.07 Å². The number of amides is 1. The number of ketones is 1. The molecule has 0 aromatic heterocycles. The van der Waals surface area contributed by atoms with Crippen LogP contribution in [0.25, 0.3) is 10.8 Å². The molecular formula is C51H55ClFNO6. The number of benzene rings is 4. The van der Waals surface area contributed by atoms with Crippen LogP contribution in [0.4, 0.5) is 4.39 Å². The fourth-order valence-corrected chi connectivity index (χ4v) is 13.3. The van der Waals surface area contributed by atoms with Gasteiger partial charge in [-0.1, -0.05) is 98.3 Å². The first-order valence-electron chi connectivity index (χ1n) is 21.5. The minimum atomic E-state index is -1.29. The summed E-state index contributed by atoms with van der Waals surface area (Å²) in [6.45, 7) is 4.94. The monoisotopic (exact) mass is 831 g/mol. The normalized spacial score (nSPS) is 32.5. The zero-order valence-electron chi connectivity index (χ0n) is 35.0. The number of halogens is 2. The maximum atomic E-state index is 15.3. The number of aliphatic hydroxyl groups is 2. The highest BCUT2D eigenvalue weighted by atomic mass is 35.5. The second-order valence-corrected chi connectivity index (χ2v) is 19.3. The third-order valence-electron chi connectivity index (χ3n) is 16.3. The lowest BCUT2D eigenvalue weighted by molar-refractivity contribution is -0.181. The minimum Gasteiger partial charge on any atom is -0.493 e. The van der Waals surface area contributed by atoms with Gasteiger partial charge in [-0.2, -0.15) is 0 Å². The average Bonchev–Trinajstić information content (AvgIpc) is 3.51. The molecule has 314 valence electrons. The van der Waals surface area contributed by atoms with E-state index in [-0.39, 0.29) is 58.9 Å². The Kier molecular flexibility index (Phi) is 10.1. The molecule has 10 rings (SSSR count). The highest BCUT2D eigenvalue weighted by molar-refractivity contribution is 6.31. The molecule has 8 atom stereocenters. The fourth-order valence-electron chi connectivity index (χ4n) is 13.1. The largest absolute Gasteiger partial charge is 0.493 e. The Morgan fingerprint density at radius 3 is 2.35 bits per heavy atom. The van der Waals surface area contributed by atoms with Crippen LogP contribution in [0.3, 0.4) is 0 Å². The Morgan fingerprint density at radius 2 is 1.57 bits per heavy atom. The Balaban J connectivity index is 1.11. The van der Waals surface area contributed by atoms with E-state index in [9.17, 15) is 19.8 Å². The van der Waals surface area contributed by atoms with Gasteiger partial charge in [0.15, 0.2) is 17.3 Å². The Labute approximate surface area is 357 Å². The first-order chi connectivity index (χ1) is 28.7. The van der Waals surface area contributed by atoms with Gasteiger partial charge in [0, 0.05) is 45.4 Å². The van der Waals surface area contributed by atoms with E-state index in [2.05, 4.69) is 56.3 Å². The number of hydrogen-bond donors (Lipinski definition) is 2. The summed E-state index contributed by atoms with van der Waals surface area (Å²) in [4.78, 5) is 31.5. The van der Waals surface area contributed by atoms with Crippen LogP contribution in [0.15, 0.2) is 103 Å². The van der Waals surface area contributed by atoms with Crippen molar-refractivity contribution in [2.75, 3.05) is 20.8 Å². The van der Waals surface area contributed by atoms with Crippen LogP contribution in [0.5, 0.6) is 11.5 Å². The van der Waals surface area contributed by atoms with E-state index in [1.807, 2.05) is 35.2 Å². The molecule has 7 nitrogen and oxygen atoms in total. The van der Waals surface area contributed by atoms with Crippen molar-refractivity contribution in [3.05, 3.63) is 130 Å². The molecule has 3 fully saturated rings. The summed E-state index contributed by atoms with van der Waals surface area (Å²) >= 11 is 6.53. The highest BCUT2D eigenvalue weighted by Gasteiger charge is 2.74. The number of ether oxygens (including phenoxy) is 2. The molecule has 2 spiro atoms. The number of rotatable bonds is 11. The number of carbonyl (C=O) groups is 2. The molecule has 2 N–H and O–H groups in total. The second kappa shape index (κ2) is 14.8. The summed E-state index contributed by atoms with van der Waals surface area (Å²) in [6, 6.07) is 24.3. The number of methoxy groups -OCH3 is 2. The van der Waals surface area contributed by atoms with Gasteiger partial charge in [0.1, 0.15) is 5.82 Å². The molecule has 6 aliphatic carbocycles. The molecule has 1 amide bonds. The Bertz CT molecular complexity index is 2420. The average molecular weight is 832 g/mol. The Hall–Kier alpha value is -4.50. The van der Waals surface area contributed by atoms with Crippen molar-refractivity contribution in [3.63, 3.8) is 0 Å². The van der Waals surface area contributed by atoms with Crippen LogP contribution >= 0.6 is 11.6 Å². The smallest absolute Gasteiger partial charge is 0.227 e. The van der Waals surface area contributed by atoms with Crippen molar-refractivity contribution in [2.45, 2.75) is 89.9 Å². The predicted molar refractivity (Wildman–Crippen MR) is 231 cm³/mol. The topological polar surface area (TPSA) is 96.3 Å². The van der Waals surface area contributed by atoms with Crippen molar-refractivity contribution < 1.29 is 33.7 Å². The van der Waals surface area contributed by atoms with Crippen LogP contribution in [-0.2, 0) is 29.0 Å². The maximum Gasteiger partial charge on any atom is 0.227 e. The molecule has 4 aromatic rings. The van der Waals surface area contributed by atoms with Crippen LogP contribution < -0.4 is 9.47 Å². The quantitative estimate of drug-likeness (QED) is 0.146. The van der Waals surface area contributed by atoms with Gasteiger partial charge in [-0.3, -0.25) is 9.59 Å². The van der Waals surface area contributed by atoms with E-state index < -0.39 is 33.8 Å². The lowest BCUT2D eigenvalue weighted by atomic mass is 9.32. The van der Waals surface area contributed by atoms with E-state index in [0.29, 0.717) is 49.3 Å². The van der Waals surface area contributed by atoms with Gasteiger partial charge in [-0.25, -0.2) is 4.39 Å². The standard InChI is InChI=1S/C51H55ClFNO6/c1-47-20-17-35(55)28-49(47)23-24-51(38(29-49)41(56)27-37-39(52)13-8-14-40(37)53)44(47)18-21-48(2)45(51)19-22-50(48,58)31-54(30-34-11-7-10-33-9-5-6-12-36(33)34)46(57)26-32-15-16-42(59-3)43(25-32)60-4/h5-16,23-25,29,35,44-45,55,58H,17-22,26-28,30-31H2,1-4H3. The van der Waals surface area contributed by atoms with Crippen molar-refractivity contribution in [1.29, 1.82) is 0 Å². The molecule has 8 unspecified atom stereocenters. The van der Waals surface area contributed by atoms with E-state index in [4.69, 9.17) is 21.1 Å². The summed E-state index contributed by atoms with van der Waals surface area (Å²) in [5, 5.41) is 26.8. The van der Waals surface area contributed by atoms with Crippen molar-refractivity contribution >= 4 is 34.1 Å². The number of hydrogen-bond acceptors (Lipinski definition) is 6. The number of carbonyl (C=O) groups excluding carboxylic acids is 2. The van der Waals surface area contributed by atoms with Crippen molar-refractivity contribution in [1.82, 2.24) is 4.90 Å². The number of allylic oxidation sites excluding steroid dienone is 4. The maximum absolute atomic E-state index is 15.3. The molecule has 4 aromatic carbocycles. The molecule has 0 radical (unpaired) electrons. The first-order valence-corrected chi connectivity index (χ1v) is 21.8. The minimum absolute atomic E-state index is 0.0708. The zero-order valence-corrected chi connectivity index (χ0v) is 35.7. The fraction of sp³-hybridized carbons (Fsp3) is 0.451. The molecular weight excluding hydrogens is 777 g/mol. The van der Waals surface area contributed by atoms with Gasteiger partial charge in [-0.05, 0) is 108 Å². The van der Waals surface area contributed by atoms with Gasteiger partial charge >= 0.3 is 0 Å². The summed E-state index contributed by atoms with van der Waals surface area (Å²) in [6.07, 6.45) is 10.7.